The molecule has 4 nitrogen and oxygen atoms in total. The van der Waals surface area contributed by atoms with Gasteiger partial charge in [0.05, 0.1) is 12.2 Å². The van der Waals surface area contributed by atoms with Crippen LogP contribution in [0.3, 0.4) is 0 Å². The summed E-state index contributed by atoms with van der Waals surface area (Å²) in [6.45, 7) is 4.45. The van der Waals surface area contributed by atoms with Gasteiger partial charge in [-0.2, -0.15) is 0 Å². The fourth-order valence-electron chi connectivity index (χ4n) is 2.84. The zero-order chi connectivity index (χ0) is 15.2. The number of likely N-dealkylation sites (tertiary alicyclic amines) is 1. The number of carbonyl (C=O) groups is 1. The van der Waals surface area contributed by atoms with E-state index in [1.54, 1.807) is 19.1 Å². The average molecular weight is 331 g/mol. The number of amides is 1. The predicted octanol–water partition coefficient (Wildman–Crippen LogP) is 2.72. The number of halogens is 2. The number of rotatable bonds is 5. The van der Waals surface area contributed by atoms with Crippen LogP contribution in [0.15, 0.2) is 18.2 Å². The van der Waals surface area contributed by atoms with E-state index in [1.165, 1.54) is 6.07 Å². The fraction of sp³-hybridized carbons (Fsp3) is 0.562. The van der Waals surface area contributed by atoms with Crippen LogP contribution in [-0.2, 0) is 0 Å². The monoisotopic (exact) mass is 330 g/mol. The number of hydrogen-bond acceptors (Lipinski definition) is 3. The lowest BCUT2D eigenvalue weighted by Gasteiger charge is -2.33. The van der Waals surface area contributed by atoms with Crippen molar-refractivity contribution in [2.45, 2.75) is 19.8 Å². The van der Waals surface area contributed by atoms with Gasteiger partial charge in [0.15, 0.2) is 11.6 Å². The number of nitrogens with one attached hydrogen (secondary N) is 1. The van der Waals surface area contributed by atoms with Crippen LogP contribution in [0.5, 0.6) is 5.75 Å². The van der Waals surface area contributed by atoms with E-state index >= 15 is 0 Å². The molecule has 1 N–H and O–H groups in total. The van der Waals surface area contributed by atoms with Crippen molar-refractivity contribution in [3.05, 3.63) is 29.6 Å². The summed E-state index contributed by atoms with van der Waals surface area (Å²) in [5, 5.41) is 3.15. The Morgan fingerprint density at radius 2 is 2.27 bits per heavy atom. The minimum atomic E-state index is -0.480. The number of carbonyl (C=O) groups excluding carboxylic acids is 1. The molecular weight excluding hydrogens is 307 g/mol. The van der Waals surface area contributed by atoms with Crippen LogP contribution < -0.4 is 10.1 Å². The van der Waals surface area contributed by atoms with Gasteiger partial charge in [0.2, 0.25) is 0 Å². The fourth-order valence-corrected chi connectivity index (χ4v) is 2.84. The molecule has 22 heavy (non-hydrogen) atoms. The van der Waals surface area contributed by atoms with E-state index in [-0.39, 0.29) is 24.1 Å². The Bertz CT molecular complexity index is 497. The summed E-state index contributed by atoms with van der Waals surface area (Å²) >= 11 is 0. The average Bonchev–Trinajstić information content (AvgIpc) is 2.49. The highest BCUT2D eigenvalue weighted by Gasteiger charge is 2.26. The minimum Gasteiger partial charge on any atom is -0.490 e. The molecule has 2 rings (SSSR count). The Labute approximate surface area is 137 Å². The Kier molecular flexibility index (Phi) is 7.62. The van der Waals surface area contributed by atoms with Gasteiger partial charge in [0.25, 0.3) is 5.91 Å². The van der Waals surface area contributed by atoms with E-state index in [4.69, 9.17) is 4.74 Å². The van der Waals surface area contributed by atoms with Crippen molar-refractivity contribution in [1.29, 1.82) is 0 Å². The van der Waals surface area contributed by atoms with Crippen LogP contribution in [0.4, 0.5) is 4.39 Å². The van der Waals surface area contributed by atoms with Crippen molar-refractivity contribution in [1.82, 2.24) is 10.2 Å². The van der Waals surface area contributed by atoms with Crippen LogP contribution in [0.25, 0.3) is 0 Å². The molecule has 1 unspecified atom stereocenters. The summed E-state index contributed by atoms with van der Waals surface area (Å²) in [5.41, 5.74) is 0.321. The van der Waals surface area contributed by atoms with E-state index in [0.29, 0.717) is 24.6 Å². The lowest BCUT2D eigenvalue weighted by atomic mass is 9.97. The van der Waals surface area contributed by atoms with Crippen molar-refractivity contribution in [3.8, 4) is 5.75 Å². The summed E-state index contributed by atoms with van der Waals surface area (Å²) in [7, 11) is 1.92. The molecular formula is C16H24ClFN2O2. The number of para-hydroxylation sites is 1. The lowest BCUT2D eigenvalue weighted by Crippen LogP contribution is -2.42. The minimum absolute atomic E-state index is 0. The molecule has 0 aliphatic carbocycles. The van der Waals surface area contributed by atoms with E-state index in [9.17, 15) is 9.18 Å². The summed E-state index contributed by atoms with van der Waals surface area (Å²) in [6, 6.07) is 4.51. The third-order valence-corrected chi connectivity index (χ3v) is 3.79. The lowest BCUT2D eigenvalue weighted by molar-refractivity contribution is 0.0669. The molecule has 0 spiro atoms. The molecule has 124 valence electrons. The molecule has 0 radical (unpaired) electrons. The van der Waals surface area contributed by atoms with E-state index in [0.717, 1.165) is 25.9 Å². The first kappa shape index (κ1) is 18.7. The SMILES string of the molecule is CCOc1c(F)cccc1C(=O)N1CCCC(CNC)C1.Cl. The predicted molar refractivity (Wildman–Crippen MR) is 87.4 cm³/mol. The first-order valence-corrected chi connectivity index (χ1v) is 7.52. The van der Waals surface area contributed by atoms with Crippen molar-refractivity contribution in [3.63, 3.8) is 0 Å². The second-order valence-electron chi connectivity index (χ2n) is 5.37. The van der Waals surface area contributed by atoms with Gasteiger partial charge < -0.3 is 15.0 Å². The summed E-state index contributed by atoms with van der Waals surface area (Å²) in [6.07, 6.45) is 2.10. The number of ether oxygens (including phenoxy) is 1. The molecule has 0 saturated carbocycles. The van der Waals surface area contributed by atoms with Gasteiger partial charge in [-0.25, -0.2) is 4.39 Å². The molecule has 0 bridgehead atoms. The maximum Gasteiger partial charge on any atom is 0.257 e. The Morgan fingerprint density at radius 3 is 2.95 bits per heavy atom. The zero-order valence-corrected chi connectivity index (χ0v) is 13.9. The largest absolute Gasteiger partial charge is 0.490 e. The Hall–Kier alpha value is -1.33. The first-order chi connectivity index (χ1) is 10.2. The summed E-state index contributed by atoms with van der Waals surface area (Å²) in [4.78, 5) is 14.5. The summed E-state index contributed by atoms with van der Waals surface area (Å²) in [5.74, 6) is -0.0946. The molecule has 1 aromatic rings. The number of piperidine rings is 1. The highest BCUT2D eigenvalue weighted by molar-refractivity contribution is 5.97. The second kappa shape index (κ2) is 8.96. The highest BCUT2D eigenvalue weighted by Crippen LogP contribution is 2.26. The molecule has 1 aromatic carbocycles. The van der Waals surface area contributed by atoms with Crippen LogP contribution in [0, 0.1) is 11.7 Å². The number of nitrogens with zero attached hydrogens (tertiary/aromatic N) is 1. The maximum absolute atomic E-state index is 13.9. The molecule has 1 saturated heterocycles. The van der Waals surface area contributed by atoms with Gasteiger partial charge in [-0.05, 0) is 51.4 Å². The van der Waals surface area contributed by atoms with Crippen LogP contribution in [0.2, 0.25) is 0 Å². The van der Waals surface area contributed by atoms with Gasteiger partial charge in [0.1, 0.15) is 0 Å². The summed E-state index contributed by atoms with van der Waals surface area (Å²) < 4.78 is 19.2. The Morgan fingerprint density at radius 1 is 1.50 bits per heavy atom. The van der Waals surface area contributed by atoms with Crippen LogP contribution in [0.1, 0.15) is 30.1 Å². The first-order valence-electron chi connectivity index (χ1n) is 7.52. The van der Waals surface area contributed by atoms with Crippen LogP contribution >= 0.6 is 12.4 Å². The van der Waals surface area contributed by atoms with Gasteiger partial charge in [0, 0.05) is 13.1 Å². The molecule has 1 amide bonds. The maximum atomic E-state index is 13.9. The quantitative estimate of drug-likeness (QED) is 0.902. The van der Waals surface area contributed by atoms with Crippen molar-refractivity contribution in [2.24, 2.45) is 5.92 Å². The Balaban J connectivity index is 0.00000242. The normalized spacial score (nSPS) is 17.8. The van der Waals surface area contributed by atoms with Crippen molar-refractivity contribution in [2.75, 3.05) is 33.3 Å². The van der Waals surface area contributed by atoms with Crippen LogP contribution in [-0.4, -0.2) is 44.1 Å². The second-order valence-corrected chi connectivity index (χ2v) is 5.37. The molecule has 6 heteroatoms. The zero-order valence-electron chi connectivity index (χ0n) is 13.1. The van der Waals surface area contributed by atoms with E-state index in [1.807, 2.05) is 11.9 Å². The standard InChI is InChI=1S/C16H23FN2O2.ClH/c1-3-21-15-13(7-4-8-14(15)17)16(20)19-9-5-6-12(11-19)10-18-2;/h4,7-8,12,18H,3,5-6,9-11H2,1-2H3;1H. The topological polar surface area (TPSA) is 41.6 Å². The molecule has 0 aromatic heterocycles. The smallest absolute Gasteiger partial charge is 0.257 e. The molecule has 1 fully saturated rings. The van der Waals surface area contributed by atoms with E-state index in [2.05, 4.69) is 5.32 Å². The highest BCUT2D eigenvalue weighted by atomic mass is 35.5. The van der Waals surface area contributed by atoms with Gasteiger partial charge in [-0.3, -0.25) is 4.79 Å². The molecule has 1 aliphatic heterocycles. The molecule has 1 aliphatic rings. The van der Waals surface area contributed by atoms with Crippen molar-refractivity contribution >= 4 is 18.3 Å². The van der Waals surface area contributed by atoms with Gasteiger partial charge >= 0.3 is 0 Å². The van der Waals surface area contributed by atoms with Gasteiger partial charge in [-0.1, -0.05) is 6.07 Å². The third-order valence-electron chi connectivity index (χ3n) is 3.79. The van der Waals surface area contributed by atoms with E-state index < -0.39 is 5.82 Å². The third kappa shape index (κ3) is 4.34. The molecule has 1 heterocycles. The van der Waals surface area contributed by atoms with Crippen molar-refractivity contribution < 1.29 is 13.9 Å². The van der Waals surface area contributed by atoms with Gasteiger partial charge in [-0.15, -0.1) is 12.4 Å². The molecule has 1 atom stereocenters. The number of benzene rings is 1. The number of hydrogen-bond donors (Lipinski definition) is 1.